The van der Waals surface area contributed by atoms with Crippen molar-refractivity contribution < 1.29 is 9.53 Å². The van der Waals surface area contributed by atoms with Crippen LogP contribution in [-0.4, -0.2) is 33.9 Å². The molecular weight excluding hydrogens is 370 g/mol. The molecule has 0 saturated heterocycles. The third kappa shape index (κ3) is 4.68. The molecule has 0 unspecified atom stereocenters. The summed E-state index contributed by atoms with van der Waals surface area (Å²) < 4.78 is 7.92. The summed E-state index contributed by atoms with van der Waals surface area (Å²) in [7, 11) is 0. The molecule has 0 bridgehead atoms. The van der Waals surface area contributed by atoms with Crippen LogP contribution in [0.5, 0.6) is 5.75 Å². The van der Waals surface area contributed by atoms with Gasteiger partial charge in [0, 0.05) is 11.8 Å². The van der Waals surface area contributed by atoms with E-state index in [4.69, 9.17) is 9.72 Å². The van der Waals surface area contributed by atoms with Crippen LogP contribution >= 0.6 is 11.8 Å². The monoisotopic (exact) mass is 395 g/mol. The Hall–Kier alpha value is -2.47. The van der Waals surface area contributed by atoms with Gasteiger partial charge < -0.3 is 14.6 Å². The highest BCUT2D eigenvalue weighted by atomic mass is 32.2. The molecule has 1 saturated carbocycles. The van der Waals surface area contributed by atoms with Crippen molar-refractivity contribution in [1.29, 1.82) is 0 Å². The molecule has 0 spiro atoms. The number of rotatable bonds is 8. The molecule has 1 aromatic heterocycles. The Morgan fingerprint density at radius 3 is 2.71 bits per heavy atom. The Morgan fingerprint density at radius 2 is 1.96 bits per heavy atom. The summed E-state index contributed by atoms with van der Waals surface area (Å²) in [5.41, 5.74) is 4.31. The molecule has 146 valence electrons. The summed E-state index contributed by atoms with van der Waals surface area (Å²) in [5, 5.41) is 3.92. The average Bonchev–Trinajstić information content (AvgIpc) is 3.39. The van der Waals surface area contributed by atoms with Crippen LogP contribution in [0.15, 0.2) is 47.6 Å². The first-order valence-corrected chi connectivity index (χ1v) is 10.7. The van der Waals surface area contributed by atoms with Crippen LogP contribution in [-0.2, 0) is 11.3 Å². The van der Waals surface area contributed by atoms with Gasteiger partial charge in [-0.3, -0.25) is 4.79 Å². The standard InChI is InChI=1S/C22H25N3O2S/c1-15-11-16(2)13-18(12-15)27-9-10-28-22-24-19-5-3-4-6-20(19)25(22)14-21(26)23-17-7-8-17/h3-6,11-13,17H,7-10,14H2,1-2H3,(H,23,26). The number of thioether (sulfide) groups is 1. The van der Waals surface area contributed by atoms with E-state index >= 15 is 0 Å². The molecule has 1 heterocycles. The van der Waals surface area contributed by atoms with Gasteiger partial charge >= 0.3 is 0 Å². The van der Waals surface area contributed by atoms with Gasteiger partial charge in [0.1, 0.15) is 12.3 Å². The molecular formula is C22H25N3O2S. The number of imidazole rings is 1. The van der Waals surface area contributed by atoms with E-state index in [9.17, 15) is 4.79 Å². The highest BCUT2D eigenvalue weighted by molar-refractivity contribution is 7.99. The van der Waals surface area contributed by atoms with Crippen molar-refractivity contribution in [3.63, 3.8) is 0 Å². The molecule has 1 aliphatic carbocycles. The van der Waals surface area contributed by atoms with E-state index in [0.29, 0.717) is 19.2 Å². The summed E-state index contributed by atoms with van der Waals surface area (Å²) in [5.74, 6) is 1.72. The lowest BCUT2D eigenvalue weighted by atomic mass is 10.1. The van der Waals surface area contributed by atoms with Crippen molar-refractivity contribution in [3.05, 3.63) is 53.6 Å². The lowest BCUT2D eigenvalue weighted by molar-refractivity contribution is -0.121. The molecule has 0 radical (unpaired) electrons. The van der Waals surface area contributed by atoms with E-state index < -0.39 is 0 Å². The first-order valence-electron chi connectivity index (χ1n) is 9.67. The van der Waals surface area contributed by atoms with Crippen LogP contribution in [0.1, 0.15) is 24.0 Å². The maximum absolute atomic E-state index is 12.3. The summed E-state index contributed by atoms with van der Waals surface area (Å²) in [6, 6.07) is 14.6. The number of nitrogens with zero attached hydrogens (tertiary/aromatic N) is 2. The molecule has 6 heteroatoms. The number of para-hydroxylation sites is 2. The molecule has 4 rings (SSSR count). The number of fused-ring (bicyclic) bond motifs is 1. The lowest BCUT2D eigenvalue weighted by Crippen LogP contribution is -2.29. The van der Waals surface area contributed by atoms with Gasteiger partial charge in [-0.15, -0.1) is 0 Å². The van der Waals surface area contributed by atoms with Gasteiger partial charge in [0.2, 0.25) is 5.91 Å². The fraction of sp³-hybridized carbons (Fsp3) is 0.364. The zero-order valence-electron chi connectivity index (χ0n) is 16.3. The molecule has 0 aliphatic heterocycles. The highest BCUT2D eigenvalue weighted by Crippen LogP contribution is 2.25. The molecule has 1 aliphatic rings. The number of hydrogen-bond acceptors (Lipinski definition) is 4. The van der Waals surface area contributed by atoms with Crippen molar-refractivity contribution in [2.75, 3.05) is 12.4 Å². The fourth-order valence-corrected chi connectivity index (χ4v) is 4.10. The molecule has 1 amide bonds. The van der Waals surface area contributed by atoms with E-state index in [1.54, 1.807) is 11.8 Å². The second kappa shape index (κ2) is 8.27. The minimum Gasteiger partial charge on any atom is -0.493 e. The molecule has 1 fully saturated rings. The van der Waals surface area contributed by atoms with E-state index in [-0.39, 0.29) is 5.91 Å². The zero-order valence-corrected chi connectivity index (χ0v) is 17.1. The van der Waals surface area contributed by atoms with E-state index in [1.165, 1.54) is 11.1 Å². The van der Waals surface area contributed by atoms with Crippen LogP contribution in [0.25, 0.3) is 11.0 Å². The van der Waals surface area contributed by atoms with Gasteiger partial charge in [-0.25, -0.2) is 4.98 Å². The van der Waals surface area contributed by atoms with E-state index in [0.717, 1.165) is 40.5 Å². The minimum absolute atomic E-state index is 0.0546. The van der Waals surface area contributed by atoms with Crippen LogP contribution in [0.3, 0.4) is 0 Å². The SMILES string of the molecule is Cc1cc(C)cc(OCCSc2nc3ccccc3n2CC(=O)NC2CC2)c1. The minimum atomic E-state index is 0.0546. The van der Waals surface area contributed by atoms with E-state index in [1.807, 2.05) is 28.8 Å². The van der Waals surface area contributed by atoms with Crippen LogP contribution < -0.4 is 10.1 Å². The lowest BCUT2D eigenvalue weighted by Gasteiger charge is -2.10. The average molecular weight is 396 g/mol. The number of carbonyl (C=O) groups excluding carboxylic acids is 1. The first kappa shape index (κ1) is 18.9. The Morgan fingerprint density at radius 1 is 1.21 bits per heavy atom. The van der Waals surface area contributed by atoms with Gasteiger partial charge in [-0.05, 0) is 62.1 Å². The Balaban J connectivity index is 1.42. The number of carbonyl (C=O) groups is 1. The number of hydrogen-bond donors (Lipinski definition) is 1. The van der Waals surface area contributed by atoms with Gasteiger partial charge in [-0.2, -0.15) is 0 Å². The Kier molecular flexibility index (Phi) is 5.57. The van der Waals surface area contributed by atoms with Crippen LogP contribution in [0.4, 0.5) is 0 Å². The van der Waals surface area contributed by atoms with Crippen molar-refractivity contribution in [2.24, 2.45) is 0 Å². The Labute approximate surface area is 169 Å². The highest BCUT2D eigenvalue weighted by Gasteiger charge is 2.24. The third-order valence-electron chi connectivity index (χ3n) is 4.64. The van der Waals surface area contributed by atoms with Gasteiger partial charge in [0.05, 0.1) is 17.6 Å². The number of amides is 1. The summed E-state index contributed by atoms with van der Waals surface area (Å²) in [6.45, 7) is 5.04. The smallest absolute Gasteiger partial charge is 0.240 e. The number of aromatic nitrogens is 2. The van der Waals surface area contributed by atoms with Crippen molar-refractivity contribution >= 4 is 28.7 Å². The second-order valence-corrected chi connectivity index (χ2v) is 8.39. The number of benzene rings is 2. The summed E-state index contributed by atoms with van der Waals surface area (Å²) >= 11 is 1.62. The number of ether oxygens (including phenoxy) is 1. The fourth-order valence-electron chi connectivity index (χ4n) is 3.27. The van der Waals surface area contributed by atoms with Crippen molar-refractivity contribution in [2.45, 2.75) is 44.4 Å². The van der Waals surface area contributed by atoms with Gasteiger partial charge in [-0.1, -0.05) is 30.0 Å². The van der Waals surface area contributed by atoms with Gasteiger partial charge in [0.15, 0.2) is 5.16 Å². The van der Waals surface area contributed by atoms with Crippen molar-refractivity contribution in [1.82, 2.24) is 14.9 Å². The maximum Gasteiger partial charge on any atom is 0.240 e. The quantitative estimate of drug-likeness (QED) is 0.461. The zero-order chi connectivity index (χ0) is 19.5. The summed E-state index contributed by atoms with van der Waals surface area (Å²) in [6.07, 6.45) is 2.18. The van der Waals surface area contributed by atoms with Gasteiger partial charge in [0.25, 0.3) is 0 Å². The molecule has 3 aromatic rings. The summed E-state index contributed by atoms with van der Waals surface area (Å²) in [4.78, 5) is 17.1. The molecule has 0 atom stereocenters. The molecule has 28 heavy (non-hydrogen) atoms. The molecule has 1 N–H and O–H groups in total. The number of aryl methyl sites for hydroxylation is 2. The Bertz CT molecular complexity index is 974. The molecule has 5 nitrogen and oxygen atoms in total. The number of nitrogens with one attached hydrogen (secondary N) is 1. The van der Waals surface area contributed by atoms with E-state index in [2.05, 4.69) is 37.4 Å². The third-order valence-corrected chi connectivity index (χ3v) is 5.58. The predicted octanol–water partition coefficient (Wildman–Crippen LogP) is 4.10. The normalized spacial score (nSPS) is 13.6. The van der Waals surface area contributed by atoms with Crippen LogP contribution in [0, 0.1) is 13.8 Å². The topological polar surface area (TPSA) is 56.2 Å². The largest absolute Gasteiger partial charge is 0.493 e. The van der Waals surface area contributed by atoms with Crippen molar-refractivity contribution in [3.8, 4) is 5.75 Å². The van der Waals surface area contributed by atoms with Crippen LogP contribution in [0.2, 0.25) is 0 Å². The second-order valence-electron chi connectivity index (χ2n) is 7.33. The predicted molar refractivity (Wildman–Crippen MR) is 113 cm³/mol. The maximum atomic E-state index is 12.3. The molecule has 2 aromatic carbocycles. The first-order chi connectivity index (χ1) is 13.6.